The number of hydrogen-bond donors (Lipinski definition) is 2. The number of hydrogen-bond acceptors (Lipinski definition) is 4. The lowest BCUT2D eigenvalue weighted by Crippen LogP contribution is -2.21. The SMILES string of the molecule is COc1c(C(C)(C)C)[nH]c(-c2ccccc2-c2ccccc2-c2cc(=O)c(OC)c(C(C)(C)C)[nH]2)cc1=O. The van der Waals surface area contributed by atoms with Crippen molar-refractivity contribution in [3.05, 3.63) is 92.5 Å². The molecule has 6 heteroatoms. The van der Waals surface area contributed by atoms with E-state index >= 15 is 0 Å². The molecule has 2 heterocycles. The second-order valence-electron chi connectivity index (χ2n) is 11.5. The largest absolute Gasteiger partial charge is 0.491 e. The molecule has 0 unspecified atom stereocenters. The van der Waals surface area contributed by atoms with Gasteiger partial charge in [-0.15, -0.1) is 0 Å². The molecular weight excluding hydrogens is 476 g/mol. The number of aromatic amines is 2. The Morgan fingerprint density at radius 1 is 0.553 bits per heavy atom. The molecule has 198 valence electrons. The minimum absolute atomic E-state index is 0.177. The summed E-state index contributed by atoms with van der Waals surface area (Å²) in [5.41, 5.74) is 5.45. The van der Waals surface area contributed by atoms with Crippen molar-refractivity contribution in [2.75, 3.05) is 14.2 Å². The monoisotopic (exact) mass is 512 g/mol. The predicted octanol–water partition coefficient (Wildman–Crippen LogP) is 6.68. The summed E-state index contributed by atoms with van der Waals surface area (Å²) in [6, 6.07) is 19.1. The van der Waals surface area contributed by atoms with Crippen molar-refractivity contribution in [1.29, 1.82) is 0 Å². The van der Waals surface area contributed by atoms with Crippen molar-refractivity contribution >= 4 is 0 Å². The minimum Gasteiger partial charge on any atom is -0.491 e. The highest BCUT2D eigenvalue weighted by molar-refractivity contribution is 5.90. The molecule has 0 aliphatic carbocycles. The Morgan fingerprint density at radius 2 is 0.868 bits per heavy atom. The van der Waals surface area contributed by atoms with Gasteiger partial charge in [-0.25, -0.2) is 0 Å². The Labute approximate surface area is 223 Å². The van der Waals surface area contributed by atoms with Crippen LogP contribution >= 0.6 is 0 Å². The van der Waals surface area contributed by atoms with E-state index in [1.165, 1.54) is 14.2 Å². The second kappa shape index (κ2) is 10.0. The van der Waals surface area contributed by atoms with Gasteiger partial charge < -0.3 is 19.4 Å². The zero-order valence-electron chi connectivity index (χ0n) is 23.4. The molecule has 2 N–H and O–H groups in total. The van der Waals surface area contributed by atoms with Crippen molar-refractivity contribution < 1.29 is 9.47 Å². The van der Waals surface area contributed by atoms with Crippen LogP contribution in [0.15, 0.2) is 70.3 Å². The standard InChI is InChI=1S/C32H36N2O4/c1-31(2,3)29-27(37-7)25(35)17-23(33-29)21-15-11-9-13-19(21)20-14-10-12-16-22(20)24-18-26(36)28(38-8)30(34-24)32(4,5)6/h9-18H,1-8H3,(H,33,35)(H,34,36). The molecule has 0 spiro atoms. The van der Waals surface area contributed by atoms with E-state index in [1.54, 1.807) is 12.1 Å². The first-order valence-corrected chi connectivity index (χ1v) is 12.7. The number of nitrogens with one attached hydrogen (secondary N) is 2. The summed E-state index contributed by atoms with van der Waals surface area (Å²) >= 11 is 0. The van der Waals surface area contributed by atoms with Gasteiger partial charge in [0.25, 0.3) is 0 Å². The van der Waals surface area contributed by atoms with Crippen molar-refractivity contribution in [3.8, 4) is 45.1 Å². The van der Waals surface area contributed by atoms with Gasteiger partial charge in [0.15, 0.2) is 11.5 Å². The summed E-state index contributed by atoms with van der Waals surface area (Å²) in [5, 5.41) is 0. The maximum Gasteiger partial charge on any atom is 0.224 e. The molecule has 0 saturated carbocycles. The topological polar surface area (TPSA) is 84.2 Å². The third-order valence-electron chi connectivity index (χ3n) is 6.60. The van der Waals surface area contributed by atoms with E-state index in [0.717, 1.165) is 33.6 Å². The second-order valence-corrected chi connectivity index (χ2v) is 11.5. The molecular formula is C32H36N2O4. The summed E-state index contributed by atoms with van der Waals surface area (Å²) in [6.07, 6.45) is 0. The van der Waals surface area contributed by atoms with Crippen LogP contribution < -0.4 is 20.3 Å². The molecule has 0 bridgehead atoms. The Hall–Kier alpha value is -4.06. The van der Waals surface area contributed by atoms with Crippen LogP contribution in [0.1, 0.15) is 52.9 Å². The van der Waals surface area contributed by atoms with E-state index in [4.69, 9.17) is 9.47 Å². The number of pyridine rings is 2. The van der Waals surface area contributed by atoms with Gasteiger partial charge in [-0.1, -0.05) is 90.1 Å². The van der Waals surface area contributed by atoms with E-state index in [9.17, 15) is 9.59 Å². The van der Waals surface area contributed by atoms with Crippen LogP contribution in [0.4, 0.5) is 0 Å². The van der Waals surface area contributed by atoms with E-state index in [0.29, 0.717) is 22.9 Å². The lowest BCUT2D eigenvalue weighted by Gasteiger charge is -2.24. The van der Waals surface area contributed by atoms with E-state index < -0.39 is 0 Å². The van der Waals surface area contributed by atoms with Crippen LogP contribution in [0.25, 0.3) is 33.6 Å². The highest BCUT2D eigenvalue weighted by atomic mass is 16.5. The van der Waals surface area contributed by atoms with E-state index in [2.05, 4.69) is 9.97 Å². The first-order valence-electron chi connectivity index (χ1n) is 12.7. The zero-order valence-corrected chi connectivity index (χ0v) is 23.4. The van der Waals surface area contributed by atoms with Crippen molar-refractivity contribution in [3.63, 3.8) is 0 Å². The summed E-state index contributed by atoms with van der Waals surface area (Å²) < 4.78 is 10.9. The van der Waals surface area contributed by atoms with Crippen molar-refractivity contribution in [2.24, 2.45) is 0 Å². The molecule has 0 amide bonds. The number of rotatable bonds is 5. The zero-order chi connectivity index (χ0) is 27.8. The number of methoxy groups -OCH3 is 2. The highest BCUT2D eigenvalue weighted by Gasteiger charge is 2.25. The Balaban J connectivity index is 1.99. The van der Waals surface area contributed by atoms with Crippen LogP contribution in [0.2, 0.25) is 0 Å². The van der Waals surface area contributed by atoms with Gasteiger partial charge in [-0.3, -0.25) is 9.59 Å². The normalized spacial score (nSPS) is 11.9. The van der Waals surface area contributed by atoms with Gasteiger partial charge >= 0.3 is 0 Å². The fraction of sp³-hybridized carbons (Fsp3) is 0.312. The molecule has 0 aliphatic heterocycles. The van der Waals surface area contributed by atoms with Gasteiger partial charge in [0.05, 0.1) is 37.0 Å². The van der Waals surface area contributed by atoms with E-state index in [1.807, 2.05) is 90.1 Å². The number of benzene rings is 2. The number of ether oxygens (including phenoxy) is 2. The molecule has 2 aromatic heterocycles. The molecule has 0 fully saturated rings. The molecule has 2 aromatic carbocycles. The van der Waals surface area contributed by atoms with Gasteiger partial charge in [0.1, 0.15) is 0 Å². The Kier molecular flexibility index (Phi) is 7.11. The summed E-state index contributed by atoms with van der Waals surface area (Å²) in [5.74, 6) is 0.647. The molecule has 6 nitrogen and oxygen atoms in total. The van der Waals surface area contributed by atoms with Crippen molar-refractivity contribution in [2.45, 2.75) is 52.4 Å². The van der Waals surface area contributed by atoms with Gasteiger partial charge in [0.2, 0.25) is 10.9 Å². The molecule has 0 aliphatic rings. The summed E-state index contributed by atoms with van der Waals surface area (Å²) in [6.45, 7) is 12.2. The first-order chi connectivity index (χ1) is 17.9. The van der Waals surface area contributed by atoms with Gasteiger partial charge in [-0.2, -0.15) is 0 Å². The average molecular weight is 513 g/mol. The number of H-pyrrole nitrogens is 2. The third-order valence-corrected chi connectivity index (χ3v) is 6.60. The fourth-order valence-electron chi connectivity index (χ4n) is 4.75. The Morgan fingerprint density at radius 3 is 1.16 bits per heavy atom. The third kappa shape index (κ3) is 5.03. The van der Waals surface area contributed by atoms with E-state index in [-0.39, 0.29) is 21.7 Å². The lowest BCUT2D eigenvalue weighted by molar-refractivity contribution is 0.388. The minimum atomic E-state index is -0.334. The molecule has 0 saturated heterocycles. The van der Waals surface area contributed by atoms with Gasteiger partial charge in [0, 0.05) is 34.1 Å². The smallest absolute Gasteiger partial charge is 0.224 e. The summed E-state index contributed by atoms with van der Waals surface area (Å²) in [7, 11) is 3.04. The molecule has 0 atom stereocenters. The fourth-order valence-corrected chi connectivity index (χ4v) is 4.75. The van der Waals surface area contributed by atoms with Crippen LogP contribution in [0.5, 0.6) is 11.5 Å². The molecule has 0 radical (unpaired) electrons. The summed E-state index contributed by atoms with van der Waals surface area (Å²) in [4.78, 5) is 33.1. The van der Waals surface area contributed by atoms with Crippen LogP contribution in [-0.2, 0) is 10.8 Å². The lowest BCUT2D eigenvalue weighted by atomic mass is 9.88. The van der Waals surface area contributed by atoms with Crippen LogP contribution in [0.3, 0.4) is 0 Å². The molecule has 4 aromatic rings. The van der Waals surface area contributed by atoms with Gasteiger partial charge in [-0.05, 0) is 11.1 Å². The molecule has 38 heavy (non-hydrogen) atoms. The maximum atomic E-state index is 13.1. The number of aromatic nitrogens is 2. The average Bonchev–Trinajstić information content (AvgIpc) is 2.86. The molecule has 4 rings (SSSR count). The highest BCUT2D eigenvalue weighted by Crippen LogP contribution is 2.39. The quantitative estimate of drug-likeness (QED) is 0.313. The van der Waals surface area contributed by atoms with Crippen LogP contribution in [-0.4, -0.2) is 24.2 Å². The predicted molar refractivity (Wildman–Crippen MR) is 154 cm³/mol. The maximum absolute atomic E-state index is 13.1. The van der Waals surface area contributed by atoms with Crippen LogP contribution in [0, 0.1) is 0 Å². The Bertz CT molecular complexity index is 1480. The first kappa shape index (κ1) is 27.0. The van der Waals surface area contributed by atoms with Crippen molar-refractivity contribution in [1.82, 2.24) is 9.97 Å².